The Morgan fingerprint density at radius 3 is 2.63 bits per heavy atom. The normalized spacial score (nSPS) is 12.2. The fourth-order valence-electron chi connectivity index (χ4n) is 3.54. The highest BCUT2D eigenvalue weighted by Gasteiger charge is 2.23. The smallest absolute Gasteiger partial charge is 0.227 e. The summed E-state index contributed by atoms with van der Waals surface area (Å²) in [5.41, 5.74) is 2.02. The second-order valence-corrected chi connectivity index (χ2v) is 8.02. The van der Waals surface area contributed by atoms with E-state index in [1.807, 2.05) is 11.8 Å². The van der Waals surface area contributed by atoms with Gasteiger partial charge in [0.1, 0.15) is 17.4 Å². The quantitative estimate of drug-likeness (QED) is 0.271. The Balaban J connectivity index is 1.94. The molecule has 2 aromatic carbocycles. The van der Waals surface area contributed by atoms with Crippen LogP contribution in [0.25, 0.3) is 5.69 Å². The number of ether oxygens (including phenoxy) is 3. The van der Waals surface area contributed by atoms with E-state index >= 15 is 0 Å². The summed E-state index contributed by atoms with van der Waals surface area (Å²) in [6.45, 7) is 7.64. The van der Waals surface area contributed by atoms with Gasteiger partial charge in [0, 0.05) is 32.8 Å². The highest BCUT2D eigenvalue weighted by molar-refractivity contribution is 5.43. The monoisotopic (exact) mass is 487 g/mol. The maximum absolute atomic E-state index is 13.9. The molecule has 0 aliphatic rings. The van der Waals surface area contributed by atoms with Gasteiger partial charge in [0.05, 0.1) is 42.9 Å². The van der Waals surface area contributed by atoms with Crippen LogP contribution in [0.5, 0.6) is 11.6 Å². The third-order valence-electron chi connectivity index (χ3n) is 5.23. The van der Waals surface area contributed by atoms with E-state index in [9.17, 15) is 13.9 Å². The third-order valence-corrected chi connectivity index (χ3v) is 5.23. The van der Waals surface area contributed by atoms with Crippen molar-refractivity contribution in [3.05, 3.63) is 84.1 Å². The van der Waals surface area contributed by atoms with Crippen molar-refractivity contribution in [2.24, 2.45) is 0 Å². The van der Waals surface area contributed by atoms with Crippen LogP contribution in [0.3, 0.4) is 0 Å². The molecule has 9 heteroatoms. The first-order valence-electron chi connectivity index (χ1n) is 11.3. The highest BCUT2D eigenvalue weighted by atomic mass is 19.1. The lowest BCUT2D eigenvalue weighted by Gasteiger charge is -2.25. The number of halogens is 2. The summed E-state index contributed by atoms with van der Waals surface area (Å²) in [4.78, 5) is 2.00. The van der Waals surface area contributed by atoms with E-state index in [4.69, 9.17) is 14.2 Å². The van der Waals surface area contributed by atoms with Gasteiger partial charge in [0.2, 0.25) is 5.88 Å². The maximum Gasteiger partial charge on any atom is 0.227 e. The van der Waals surface area contributed by atoms with E-state index in [0.29, 0.717) is 55.9 Å². The molecular formula is C26H31F2N3O4. The van der Waals surface area contributed by atoms with Crippen LogP contribution in [0.4, 0.5) is 8.78 Å². The van der Waals surface area contributed by atoms with E-state index in [1.54, 1.807) is 42.1 Å². The number of hydrogen-bond donors (Lipinski definition) is 1. The number of hydrogen-bond acceptors (Lipinski definition) is 6. The summed E-state index contributed by atoms with van der Waals surface area (Å²) in [7, 11) is 1.61. The summed E-state index contributed by atoms with van der Waals surface area (Å²) in [5.74, 6) is -0.128. The van der Waals surface area contributed by atoms with E-state index < -0.39 is 11.9 Å². The lowest BCUT2D eigenvalue weighted by molar-refractivity contribution is 0.0192. The summed E-state index contributed by atoms with van der Waals surface area (Å²) in [6, 6.07) is 11.7. The molecule has 3 rings (SSSR count). The van der Waals surface area contributed by atoms with Gasteiger partial charge in [0.15, 0.2) is 0 Å². The van der Waals surface area contributed by atoms with Crippen molar-refractivity contribution < 1.29 is 28.1 Å². The van der Waals surface area contributed by atoms with Crippen LogP contribution in [0.2, 0.25) is 0 Å². The first kappa shape index (κ1) is 26.5. The van der Waals surface area contributed by atoms with E-state index in [2.05, 4.69) is 11.7 Å². The molecule has 0 aliphatic carbocycles. The average molecular weight is 488 g/mol. The van der Waals surface area contributed by atoms with Gasteiger partial charge in [-0.2, -0.15) is 5.10 Å². The van der Waals surface area contributed by atoms with Gasteiger partial charge >= 0.3 is 0 Å². The molecule has 0 radical (unpaired) electrons. The molecule has 0 amide bonds. The van der Waals surface area contributed by atoms with Gasteiger partial charge in [-0.1, -0.05) is 12.1 Å². The van der Waals surface area contributed by atoms with E-state index in [1.165, 1.54) is 24.3 Å². The predicted octanol–water partition coefficient (Wildman–Crippen LogP) is 4.26. The Hall–Kier alpha value is -3.11. The molecule has 0 bridgehead atoms. The number of aliphatic hydroxyl groups is 1. The van der Waals surface area contributed by atoms with Gasteiger partial charge in [0.25, 0.3) is 0 Å². The molecule has 0 saturated heterocycles. The highest BCUT2D eigenvalue weighted by Crippen LogP contribution is 2.32. The molecule has 188 valence electrons. The Kier molecular flexibility index (Phi) is 9.92. The van der Waals surface area contributed by atoms with Crippen LogP contribution >= 0.6 is 0 Å². The molecule has 1 unspecified atom stereocenters. The van der Waals surface area contributed by atoms with Crippen molar-refractivity contribution in [3.8, 4) is 17.3 Å². The summed E-state index contributed by atoms with van der Waals surface area (Å²) in [5, 5.41) is 15.1. The lowest BCUT2D eigenvalue weighted by Crippen LogP contribution is -2.36. The standard InChI is InChI=1S/C26H31F2N3O4/c1-4-13-34-18-23(32)16-30(12-14-33-3)17-25-19(2)29-31(22-10-8-20(27)9-11-22)26(25)35-24-7-5-6-21(28)15-24/h4-11,15,23,32H,1,12-14,16-18H2,2-3H3. The largest absolute Gasteiger partial charge is 0.438 e. The minimum atomic E-state index is -0.730. The van der Waals surface area contributed by atoms with Gasteiger partial charge in [-0.25, -0.2) is 13.5 Å². The zero-order valence-corrected chi connectivity index (χ0v) is 20.0. The van der Waals surface area contributed by atoms with Gasteiger partial charge in [-0.05, 0) is 43.3 Å². The minimum absolute atomic E-state index is 0.163. The molecule has 35 heavy (non-hydrogen) atoms. The minimum Gasteiger partial charge on any atom is -0.438 e. The Morgan fingerprint density at radius 2 is 1.94 bits per heavy atom. The molecule has 0 fully saturated rings. The molecule has 1 atom stereocenters. The van der Waals surface area contributed by atoms with Crippen molar-refractivity contribution >= 4 is 0 Å². The SMILES string of the molecule is C=CCOCC(O)CN(CCOC)Cc1c(C)nn(-c2ccc(F)cc2)c1Oc1cccc(F)c1. The summed E-state index contributed by atoms with van der Waals surface area (Å²) in [6.07, 6.45) is 0.894. The van der Waals surface area contributed by atoms with Gasteiger partial charge in [-0.3, -0.25) is 4.90 Å². The second-order valence-electron chi connectivity index (χ2n) is 8.02. The Morgan fingerprint density at radius 1 is 1.17 bits per heavy atom. The molecule has 0 saturated carbocycles. The topological polar surface area (TPSA) is 69.0 Å². The fraction of sp³-hybridized carbons (Fsp3) is 0.346. The first-order chi connectivity index (χ1) is 16.9. The van der Waals surface area contributed by atoms with E-state index in [-0.39, 0.29) is 12.4 Å². The number of rotatable bonds is 14. The summed E-state index contributed by atoms with van der Waals surface area (Å²) >= 11 is 0. The zero-order chi connectivity index (χ0) is 25.2. The van der Waals surface area contributed by atoms with Crippen LogP contribution in [-0.2, 0) is 16.0 Å². The van der Waals surface area contributed by atoms with Crippen LogP contribution in [0.15, 0.2) is 61.2 Å². The average Bonchev–Trinajstić information content (AvgIpc) is 3.13. The molecule has 0 spiro atoms. The number of aliphatic hydroxyl groups excluding tert-OH is 1. The molecule has 0 aliphatic heterocycles. The molecule has 3 aromatic rings. The number of methoxy groups -OCH3 is 1. The van der Waals surface area contributed by atoms with Crippen molar-refractivity contribution in [3.63, 3.8) is 0 Å². The van der Waals surface area contributed by atoms with Crippen LogP contribution in [0.1, 0.15) is 11.3 Å². The molecule has 1 heterocycles. The zero-order valence-electron chi connectivity index (χ0n) is 20.0. The number of aromatic nitrogens is 2. The van der Waals surface area contributed by atoms with Gasteiger partial charge in [-0.15, -0.1) is 6.58 Å². The van der Waals surface area contributed by atoms with Crippen molar-refractivity contribution in [2.75, 3.05) is 40.0 Å². The van der Waals surface area contributed by atoms with Crippen LogP contribution in [-0.4, -0.2) is 65.9 Å². The maximum atomic E-state index is 13.9. The lowest BCUT2D eigenvalue weighted by atomic mass is 10.2. The number of aryl methyl sites for hydroxylation is 1. The third kappa shape index (κ3) is 7.69. The van der Waals surface area contributed by atoms with Crippen molar-refractivity contribution in [1.29, 1.82) is 0 Å². The fourth-order valence-corrected chi connectivity index (χ4v) is 3.54. The van der Waals surface area contributed by atoms with Crippen molar-refractivity contribution in [1.82, 2.24) is 14.7 Å². The number of nitrogens with zero attached hydrogens (tertiary/aromatic N) is 3. The molecule has 1 aromatic heterocycles. The van der Waals surface area contributed by atoms with E-state index in [0.717, 1.165) is 5.56 Å². The van der Waals surface area contributed by atoms with Crippen molar-refractivity contribution in [2.45, 2.75) is 19.6 Å². The second kappa shape index (κ2) is 13.1. The van der Waals surface area contributed by atoms with Crippen LogP contribution in [0, 0.1) is 18.6 Å². The predicted molar refractivity (Wildman–Crippen MR) is 129 cm³/mol. The molecule has 7 nitrogen and oxygen atoms in total. The summed E-state index contributed by atoms with van der Waals surface area (Å²) < 4.78 is 45.7. The Labute approximate surface area is 204 Å². The van der Waals surface area contributed by atoms with Gasteiger partial charge < -0.3 is 19.3 Å². The number of benzene rings is 2. The van der Waals surface area contributed by atoms with Crippen LogP contribution < -0.4 is 4.74 Å². The first-order valence-corrected chi connectivity index (χ1v) is 11.3. The molecular weight excluding hydrogens is 456 g/mol. The molecule has 1 N–H and O–H groups in total. The Bertz CT molecular complexity index is 1090.